The van der Waals surface area contributed by atoms with Gasteiger partial charge in [0.1, 0.15) is 5.52 Å². The van der Waals surface area contributed by atoms with Crippen molar-refractivity contribution in [2.75, 3.05) is 38.1 Å². The summed E-state index contributed by atoms with van der Waals surface area (Å²) in [7, 11) is 2.00. The van der Waals surface area contributed by atoms with E-state index in [9.17, 15) is 4.79 Å². The largest absolute Gasteiger partial charge is 0.423 e. The van der Waals surface area contributed by atoms with E-state index in [1.807, 2.05) is 31.3 Å². The van der Waals surface area contributed by atoms with Crippen molar-refractivity contribution in [3.63, 3.8) is 0 Å². The van der Waals surface area contributed by atoms with Gasteiger partial charge in [-0.2, -0.15) is 4.98 Å². The quantitative estimate of drug-likeness (QED) is 0.835. The van der Waals surface area contributed by atoms with E-state index in [2.05, 4.69) is 20.1 Å². The van der Waals surface area contributed by atoms with Gasteiger partial charge < -0.3 is 19.5 Å². The minimum atomic E-state index is 0. The zero-order chi connectivity index (χ0) is 17.2. The molecule has 0 radical (unpaired) electrons. The number of anilines is 1. The SMILES string of the molecule is CNC1CCN(C(=O)C2CCN(c3nc4ccccc4o3)CC2)CC1.Cl.Cl. The van der Waals surface area contributed by atoms with E-state index in [1.165, 1.54) is 0 Å². The Hall–Kier alpha value is -1.50. The number of carbonyl (C=O) groups is 1. The van der Waals surface area contributed by atoms with Crippen LogP contribution in [-0.4, -0.2) is 55.1 Å². The van der Waals surface area contributed by atoms with Crippen LogP contribution in [0.15, 0.2) is 28.7 Å². The van der Waals surface area contributed by atoms with Crippen LogP contribution in [0, 0.1) is 5.92 Å². The van der Waals surface area contributed by atoms with Crippen molar-refractivity contribution < 1.29 is 9.21 Å². The number of nitrogens with one attached hydrogen (secondary N) is 1. The van der Waals surface area contributed by atoms with Gasteiger partial charge in [-0.25, -0.2) is 0 Å². The molecule has 150 valence electrons. The highest BCUT2D eigenvalue weighted by atomic mass is 35.5. The third-order valence-corrected chi connectivity index (χ3v) is 5.61. The Labute approximate surface area is 172 Å². The molecule has 2 aliphatic rings. The minimum absolute atomic E-state index is 0. The van der Waals surface area contributed by atoms with Gasteiger partial charge in [0.05, 0.1) is 0 Å². The lowest BCUT2D eigenvalue weighted by atomic mass is 9.94. The lowest BCUT2D eigenvalue weighted by Gasteiger charge is -2.36. The molecule has 6 nitrogen and oxygen atoms in total. The number of amides is 1. The number of para-hydroxylation sites is 2. The molecule has 4 rings (SSSR count). The van der Waals surface area contributed by atoms with Gasteiger partial charge in [0.2, 0.25) is 5.91 Å². The summed E-state index contributed by atoms with van der Waals surface area (Å²) in [5.74, 6) is 0.485. The molecule has 2 fully saturated rings. The van der Waals surface area contributed by atoms with Crippen molar-refractivity contribution in [1.82, 2.24) is 15.2 Å². The molecule has 3 heterocycles. The summed E-state index contributed by atoms with van der Waals surface area (Å²) in [6.07, 6.45) is 3.88. The van der Waals surface area contributed by atoms with E-state index in [0.717, 1.165) is 63.0 Å². The number of aromatic nitrogens is 1. The number of piperidine rings is 2. The molecule has 2 aliphatic heterocycles. The highest BCUT2D eigenvalue weighted by molar-refractivity contribution is 5.85. The number of oxazole rings is 1. The summed E-state index contributed by atoms with van der Waals surface area (Å²) in [5, 5.41) is 3.32. The van der Waals surface area contributed by atoms with Crippen LogP contribution >= 0.6 is 24.8 Å². The molecule has 1 N–H and O–H groups in total. The van der Waals surface area contributed by atoms with Gasteiger partial charge in [-0.15, -0.1) is 24.8 Å². The Balaban J connectivity index is 0.00000131. The molecule has 2 aromatic rings. The van der Waals surface area contributed by atoms with E-state index >= 15 is 0 Å². The highest BCUT2D eigenvalue weighted by Crippen LogP contribution is 2.27. The van der Waals surface area contributed by atoms with E-state index in [1.54, 1.807) is 0 Å². The fourth-order valence-corrected chi connectivity index (χ4v) is 3.96. The summed E-state index contributed by atoms with van der Waals surface area (Å²) in [6, 6.07) is 9.08. The maximum atomic E-state index is 12.8. The van der Waals surface area contributed by atoms with E-state index in [-0.39, 0.29) is 30.7 Å². The first-order valence-electron chi connectivity index (χ1n) is 9.31. The molecule has 0 unspecified atom stereocenters. The Kier molecular flexibility index (Phi) is 7.77. The number of fused-ring (bicyclic) bond motifs is 1. The molecule has 1 amide bonds. The number of nitrogens with zero attached hydrogens (tertiary/aromatic N) is 3. The minimum Gasteiger partial charge on any atom is -0.423 e. The van der Waals surface area contributed by atoms with Crippen molar-refractivity contribution in [3.05, 3.63) is 24.3 Å². The first-order chi connectivity index (χ1) is 12.2. The van der Waals surface area contributed by atoms with Crippen LogP contribution < -0.4 is 10.2 Å². The van der Waals surface area contributed by atoms with Crippen LogP contribution in [-0.2, 0) is 4.79 Å². The van der Waals surface area contributed by atoms with Gasteiger partial charge >= 0.3 is 0 Å². The summed E-state index contributed by atoms with van der Waals surface area (Å²) >= 11 is 0. The molecule has 0 atom stereocenters. The summed E-state index contributed by atoms with van der Waals surface area (Å²) < 4.78 is 5.86. The van der Waals surface area contributed by atoms with E-state index in [4.69, 9.17) is 4.42 Å². The Morgan fingerprint density at radius 1 is 1.07 bits per heavy atom. The number of likely N-dealkylation sites (tertiary alicyclic amines) is 1. The normalized spacial score (nSPS) is 18.9. The molecule has 0 spiro atoms. The molecule has 0 bridgehead atoms. The van der Waals surface area contributed by atoms with Crippen molar-refractivity contribution in [2.24, 2.45) is 5.92 Å². The van der Waals surface area contributed by atoms with Crippen LogP contribution in [0.3, 0.4) is 0 Å². The second kappa shape index (κ2) is 9.62. The van der Waals surface area contributed by atoms with E-state index < -0.39 is 0 Å². The average Bonchev–Trinajstić information content (AvgIpc) is 3.12. The van der Waals surface area contributed by atoms with Crippen LogP contribution in [0.2, 0.25) is 0 Å². The second-order valence-electron chi connectivity index (χ2n) is 7.11. The van der Waals surface area contributed by atoms with Gasteiger partial charge in [0, 0.05) is 38.1 Å². The van der Waals surface area contributed by atoms with Gasteiger partial charge in [-0.3, -0.25) is 4.79 Å². The molecule has 0 saturated carbocycles. The van der Waals surface area contributed by atoms with Crippen molar-refractivity contribution in [1.29, 1.82) is 0 Å². The molecule has 8 heteroatoms. The number of carbonyl (C=O) groups excluding carboxylic acids is 1. The second-order valence-corrected chi connectivity index (χ2v) is 7.11. The molecule has 2 saturated heterocycles. The third-order valence-electron chi connectivity index (χ3n) is 5.61. The zero-order valence-corrected chi connectivity index (χ0v) is 17.2. The summed E-state index contributed by atoms with van der Waals surface area (Å²) in [6.45, 7) is 3.43. The van der Waals surface area contributed by atoms with Crippen LogP contribution in [0.25, 0.3) is 11.1 Å². The molecular weight excluding hydrogens is 387 g/mol. The van der Waals surface area contributed by atoms with Crippen molar-refractivity contribution in [3.8, 4) is 0 Å². The Morgan fingerprint density at radius 3 is 2.37 bits per heavy atom. The first-order valence-corrected chi connectivity index (χ1v) is 9.31. The van der Waals surface area contributed by atoms with Crippen molar-refractivity contribution in [2.45, 2.75) is 31.7 Å². The van der Waals surface area contributed by atoms with Crippen LogP contribution in [0.4, 0.5) is 6.01 Å². The lowest BCUT2D eigenvalue weighted by molar-refractivity contribution is -0.137. The first kappa shape index (κ1) is 21.8. The maximum Gasteiger partial charge on any atom is 0.298 e. The maximum absolute atomic E-state index is 12.8. The van der Waals surface area contributed by atoms with Crippen LogP contribution in [0.1, 0.15) is 25.7 Å². The monoisotopic (exact) mass is 414 g/mol. The molecule has 27 heavy (non-hydrogen) atoms. The average molecular weight is 415 g/mol. The number of hydrogen-bond donors (Lipinski definition) is 1. The highest BCUT2D eigenvalue weighted by Gasteiger charge is 2.31. The zero-order valence-electron chi connectivity index (χ0n) is 15.6. The predicted molar refractivity (Wildman–Crippen MR) is 112 cm³/mol. The molecular formula is C19H28Cl2N4O2. The third kappa shape index (κ3) is 4.68. The fourth-order valence-electron chi connectivity index (χ4n) is 3.96. The van der Waals surface area contributed by atoms with Gasteiger partial charge in [0.15, 0.2) is 5.58 Å². The molecule has 0 aliphatic carbocycles. The van der Waals surface area contributed by atoms with Gasteiger partial charge in [-0.05, 0) is 44.9 Å². The van der Waals surface area contributed by atoms with Crippen molar-refractivity contribution >= 4 is 47.8 Å². The standard InChI is InChI=1S/C19H26N4O2.2ClH/c1-20-15-8-12-22(13-9-15)18(24)14-6-10-23(11-7-14)19-21-16-4-2-3-5-17(16)25-19;;/h2-5,14-15,20H,6-13H2,1H3;2*1H. The fraction of sp³-hybridized carbons (Fsp3) is 0.579. The summed E-state index contributed by atoms with van der Waals surface area (Å²) in [5.41, 5.74) is 1.71. The molecule has 1 aromatic heterocycles. The number of benzene rings is 1. The Bertz CT molecular complexity index is 705. The predicted octanol–water partition coefficient (Wildman–Crippen LogP) is 3.10. The van der Waals surface area contributed by atoms with Crippen LogP contribution in [0.5, 0.6) is 0 Å². The smallest absolute Gasteiger partial charge is 0.298 e. The van der Waals surface area contributed by atoms with Gasteiger partial charge in [-0.1, -0.05) is 12.1 Å². The molecule has 1 aromatic carbocycles. The summed E-state index contributed by atoms with van der Waals surface area (Å²) in [4.78, 5) is 21.6. The Morgan fingerprint density at radius 2 is 1.74 bits per heavy atom. The topological polar surface area (TPSA) is 61.6 Å². The lowest BCUT2D eigenvalue weighted by Crippen LogP contribution is -2.48. The van der Waals surface area contributed by atoms with E-state index in [0.29, 0.717) is 18.0 Å². The van der Waals surface area contributed by atoms with Gasteiger partial charge in [0.25, 0.3) is 6.01 Å². The number of rotatable bonds is 3. The number of hydrogen-bond acceptors (Lipinski definition) is 5. The number of halogens is 2.